The van der Waals surface area contributed by atoms with Gasteiger partial charge in [-0.3, -0.25) is 9.59 Å². The second kappa shape index (κ2) is 17.6. The number of nitrogens with one attached hydrogen (secondary N) is 4. The zero-order valence-electron chi connectivity index (χ0n) is 39.5. The summed E-state index contributed by atoms with van der Waals surface area (Å²) in [6.45, 7) is 9.30. The van der Waals surface area contributed by atoms with E-state index in [4.69, 9.17) is 24.2 Å². The molecule has 352 valence electrons. The van der Waals surface area contributed by atoms with Gasteiger partial charge in [0.15, 0.2) is 0 Å². The fraction of sp³-hybridized carbons (Fsp3) is 0.396. The number of hydrogen-bond acceptors (Lipinski definition) is 9. The second-order valence-corrected chi connectivity index (χ2v) is 20.0. The Morgan fingerprint density at radius 3 is 1.90 bits per heavy atom. The third kappa shape index (κ3) is 8.26. The standard InChI is InChI=1S/C53H58N8O7/c1-28-37-24-42(61(46(28)37)49(62)40(25-53(2,3)4)56-51(64)67-6)48-55-39-20-16-34-23-32(14-18-36(34)45(39)58-48)31-13-17-35-33(22-31)15-19-38-44(35)57-47(54-38)41-21-29(27-66-5)26-60(41)50(63)43(59-52(65)68-7)30-11-9-8-10-12-30/h8-20,22-23,28-29,37,40-43,46H,21,24-27H2,1-7H3,(H,54,57)(H,55,58)(H,56,64)(H,59,65)/t28-,29+,37+,40+,41+,42+,43-,46-/m1/s1. The summed E-state index contributed by atoms with van der Waals surface area (Å²) in [6, 6.07) is 28.1. The summed E-state index contributed by atoms with van der Waals surface area (Å²) in [4.78, 5) is 75.0. The van der Waals surface area contributed by atoms with Crippen molar-refractivity contribution < 1.29 is 33.4 Å². The average Bonchev–Trinajstić information content (AvgIpc) is 3.94. The van der Waals surface area contributed by atoms with Gasteiger partial charge in [0.05, 0.1) is 55.0 Å². The summed E-state index contributed by atoms with van der Waals surface area (Å²) in [5.41, 5.74) is 5.99. The molecule has 68 heavy (non-hydrogen) atoms. The molecule has 2 aromatic heterocycles. The molecule has 3 aliphatic rings. The molecule has 10 rings (SSSR count). The number of aromatic amines is 2. The Morgan fingerprint density at radius 1 is 0.735 bits per heavy atom. The third-order valence-corrected chi connectivity index (χ3v) is 14.3. The van der Waals surface area contributed by atoms with E-state index >= 15 is 0 Å². The molecule has 1 saturated carbocycles. The van der Waals surface area contributed by atoms with Crippen LogP contribution in [0.2, 0.25) is 0 Å². The van der Waals surface area contributed by atoms with Gasteiger partial charge >= 0.3 is 12.2 Å². The fourth-order valence-corrected chi connectivity index (χ4v) is 11.0. The highest BCUT2D eigenvalue weighted by Crippen LogP contribution is 2.58. The molecule has 0 radical (unpaired) electrons. The van der Waals surface area contributed by atoms with Crippen molar-refractivity contribution in [3.63, 3.8) is 0 Å². The molecule has 3 fully saturated rings. The Balaban J connectivity index is 0.926. The van der Waals surface area contributed by atoms with Gasteiger partial charge in [0.2, 0.25) is 5.91 Å². The molecule has 0 bridgehead atoms. The van der Waals surface area contributed by atoms with Crippen LogP contribution in [0.15, 0.2) is 91.0 Å². The van der Waals surface area contributed by atoms with Gasteiger partial charge in [-0.25, -0.2) is 19.6 Å². The summed E-state index contributed by atoms with van der Waals surface area (Å²) in [6.07, 6.45) is 0.625. The SMILES string of the molecule is COC[C@H]1C[C@@H](c2nc3c(ccc4cc(-c5ccc6c(ccc7[nH]c([C@@H]8C[C@H]9[C@@H](C)[C@H]9N8C(=O)[C@H](CC(C)(C)C)NC(=O)OC)nc76)c5)ccc43)[nH]2)N(C(=O)[C@H](NC(=O)OC)c2ccccc2)C1. The van der Waals surface area contributed by atoms with Crippen LogP contribution in [0, 0.1) is 23.2 Å². The summed E-state index contributed by atoms with van der Waals surface area (Å²) >= 11 is 0. The molecule has 15 heteroatoms. The van der Waals surface area contributed by atoms with Crippen LogP contribution in [0.1, 0.15) is 82.3 Å². The molecule has 1 aliphatic carbocycles. The molecular weight excluding hydrogens is 861 g/mol. The monoisotopic (exact) mass is 918 g/mol. The first-order valence-electron chi connectivity index (χ1n) is 23.4. The van der Waals surface area contributed by atoms with E-state index < -0.39 is 24.3 Å². The van der Waals surface area contributed by atoms with Crippen LogP contribution in [0.5, 0.6) is 0 Å². The van der Waals surface area contributed by atoms with Crippen molar-refractivity contribution in [2.24, 2.45) is 23.2 Å². The minimum Gasteiger partial charge on any atom is -0.453 e. The maximum atomic E-state index is 14.4. The number of amides is 4. The summed E-state index contributed by atoms with van der Waals surface area (Å²) in [7, 11) is 4.26. The van der Waals surface area contributed by atoms with E-state index in [2.05, 4.69) is 103 Å². The number of H-pyrrole nitrogens is 2. The predicted molar refractivity (Wildman–Crippen MR) is 259 cm³/mol. The summed E-state index contributed by atoms with van der Waals surface area (Å²) in [5, 5.41) is 9.65. The Kier molecular flexibility index (Phi) is 11.6. The molecule has 5 aromatic carbocycles. The number of benzene rings is 5. The van der Waals surface area contributed by atoms with E-state index in [0.717, 1.165) is 67.0 Å². The lowest BCUT2D eigenvalue weighted by atomic mass is 9.87. The van der Waals surface area contributed by atoms with E-state index in [1.54, 1.807) is 12.0 Å². The van der Waals surface area contributed by atoms with Gasteiger partial charge in [-0.1, -0.05) is 94.4 Å². The Morgan fingerprint density at radius 2 is 1.32 bits per heavy atom. The molecule has 2 aliphatic heterocycles. The maximum Gasteiger partial charge on any atom is 0.407 e. The number of imidazole rings is 2. The first-order valence-corrected chi connectivity index (χ1v) is 23.4. The van der Waals surface area contributed by atoms with Gasteiger partial charge in [0.1, 0.15) is 23.7 Å². The Bertz CT molecular complexity index is 3090. The lowest BCUT2D eigenvalue weighted by Crippen LogP contribution is -2.51. The molecule has 7 aromatic rings. The second-order valence-electron chi connectivity index (χ2n) is 20.0. The number of rotatable bonds is 11. The number of ether oxygens (including phenoxy) is 3. The number of piperidine rings is 1. The van der Waals surface area contributed by atoms with Gasteiger partial charge in [-0.2, -0.15) is 0 Å². The van der Waals surface area contributed by atoms with E-state index in [9.17, 15) is 19.2 Å². The van der Waals surface area contributed by atoms with Crippen molar-refractivity contribution in [1.82, 2.24) is 40.4 Å². The number of nitrogens with zero attached hydrogens (tertiary/aromatic N) is 4. The van der Waals surface area contributed by atoms with Crippen LogP contribution < -0.4 is 10.6 Å². The molecule has 15 nitrogen and oxygen atoms in total. The highest BCUT2D eigenvalue weighted by atomic mass is 16.5. The number of carbonyl (C=O) groups is 4. The highest BCUT2D eigenvalue weighted by molar-refractivity contribution is 6.07. The maximum absolute atomic E-state index is 14.4. The fourth-order valence-electron chi connectivity index (χ4n) is 11.0. The number of fused-ring (bicyclic) bond motifs is 7. The summed E-state index contributed by atoms with van der Waals surface area (Å²) < 4.78 is 15.4. The topological polar surface area (TPSA) is 184 Å². The van der Waals surface area contributed by atoms with Crippen LogP contribution in [-0.2, 0) is 23.8 Å². The van der Waals surface area contributed by atoms with Crippen LogP contribution in [0.4, 0.5) is 9.59 Å². The smallest absolute Gasteiger partial charge is 0.407 e. The van der Waals surface area contributed by atoms with Crippen LogP contribution in [-0.4, -0.2) is 100 Å². The molecule has 4 heterocycles. The third-order valence-electron chi connectivity index (χ3n) is 14.3. The van der Waals surface area contributed by atoms with Crippen molar-refractivity contribution in [2.45, 2.75) is 77.2 Å². The zero-order chi connectivity index (χ0) is 47.6. The lowest BCUT2D eigenvalue weighted by molar-refractivity contribution is -0.137. The van der Waals surface area contributed by atoms with Crippen LogP contribution in [0.3, 0.4) is 0 Å². The Hall–Kier alpha value is -7.00. The number of hydrogen-bond donors (Lipinski definition) is 4. The van der Waals surface area contributed by atoms with Crippen molar-refractivity contribution in [3.05, 3.63) is 108 Å². The zero-order valence-corrected chi connectivity index (χ0v) is 39.5. The van der Waals surface area contributed by atoms with E-state index in [1.807, 2.05) is 41.3 Å². The minimum absolute atomic E-state index is 0.0708. The van der Waals surface area contributed by atoms with Crippen molar-refractivity contribution in [3.8, 4) is 11.1 Å². The van der Waals surface area contributed by atoms with E-state index in [0.29, 0.717) is 49.2 Å². The largest absolute Gasteiger partial charge is 0.453 e. The number of carbonyl (C=O) groups excluding carboxylic acids is 4. The number of aromatic nitrogens is 4. The molecule has 0 unspecified atom stereocenters. The molecule has 4 amide bonds. The van der Waals surface area contributed by atoms with Gasteiger partial charge in [0.25, 0.3) is 5.91 Å². The lowest BCUT2D eigenvalue weighted by Gasteiger charge is -2.33. The van der Waals surface area contributed by atoms with Gasteiger partial charge in [-0.05, 0) is 88.2 Å². The molecule has 4 N–H and O–H groups in total. The van der Waals surface area contributed by atoms with Gasteiger partial charge < -0.3 is 44.6 Å². The molecule has 2 saturated heterocycles. The quantitative estimate of drug-likeness (QED) is 0.0983. The van der Waals surface area contributed by atoms with Gasteiger partial charge in [0, 0.05) is 36.4 Å². The number of methoxy groups -OCH3 is 3. The number of likely N-dealkylation sites (tertiary alicyclic amines) is 2. The predicted octanol–water partition coefficient (Wildman–Crippen LogP) is 9.11. The first kappa shape index (κ1) is 44.8. The van der Waals surface area contributed by atoms with Crippen LogP contribution >= 0.6 is 0 Å². The molecule has 8 atom stereocenters. The minimum atomic E-state index is -0.945. The summed E-state index contributed by atoms with van der Waals surface area (Å²) in [5.74, 6) is 1.93. The van der Waals surface area contributed by atoms with E-state index in [-0.39, 0.29) is 41.3 Å². The number of alkyl carbamates (subject to hydrolysis) is 2. The normalized spacial score (nSPS) is 22.1. The first-order chi connectivity index (χ1) is 32.7. The van der Waals surface area contributed by atoms with Crippen molar-refractivity contribution >= 4 is 67.6 Å². The van der Waals surface area contributed by atoms with Gasteiger partial charge in [-0.15, -0.1) is 0 Å². The molecule has 0 spiro atoms. The average molecular weight is 919 g/mol. The Labute approximate surface area is 394 Å². The van der Waals surface area contributed by atoms with E-state index in [1.165, 1.54) is 14.2 Å². The van der Waals surface area contributed by atoms with Crippen molar-refractivity contribution in [1.29, 1.82) is 0 Å². The van der Waals surface area contributed by atoms with Crippen molar-refractivity contribution in [2.75, 3.05) is 34.5 Å². The highest BCUT2D eigenvalue weighted by Gasteiger charge is 2.61. The van der Waals surface area contributed by atoms with Crippen LogP contribution in [0.25, 0.3) is 54.7 Å². The molecular formula is C53H58N8O7.